The second-order valence-electron chi connectivity index (χ2n) is 9.70. The van der Waals surface area contributed by atoms with Gasteiger partial charge in [0.1, 0.15) is 11.9 Å². The number of ketones is 1. The summed E-state index contributed by atoms with van der Waals surface area (Å²) in [6.07, 6.45) is 10.2. The minimum absolute atomic E-state index is 0.0326. The van der Waals surface area contributed by atoms with E-state index in [1.54, 1.807) is 0 Å². The van der Waals surface area contributed by atoms with E-state index in [2.05, 4.69) is 13.8 Å². The molecule has 0 amide bonds. The summed E-state index contributed by atoms with van der Waals surface area (Å²) in [5.74, 6) is 2.28. The molecule has 0 bridgehead atoms. The fourth-order valence-corrected chi connectivity index (χ4v) is 7.22. The van der Waals surface area contributed by atoms with E-state index in [-0.39, 0.29) is 17.5 Å². The highest BCUT2D eigenvalue weighted by Crippen LogP contribution is 2.65. The molecule has 134 valence electrons. The van der Waals surface area contributed by atoms with Gasteiger partial charge in [-0.1, -0.05) is 20.3 Å². The Kier molecular flexibility index (Phi) is 3.85. The molecule has 4 aliphatic carbocycles. The Morgan fingerprint density at radius 2 is 1.88 bits per heavy atom. The zero-order valence-corrected chi connectivity index (χ0v) is 15.5. The average Bonchev–Trinajstić information content (AvgIpc) is 2.90. The van der Waals surface area contributed by atoms with E-state index >= 15 is 0 Å². The quantitative estimate of drug-likeness (QED) is 0.663. The first-order valence-electron chi connectivity index (χ1n) is 10.0. The number of carbonyl (C=O) groups excluding carboxylic acids is 2. The number of hydrogen-bond acceptors (Lipinski definition) is 3. The van der Waals surface area contributed by atoms with Gasteiger partial charge in [-0.15, -0.1) is 0 Å². The highest BCUT2D eigenvalue weighted by Gasteiger charge is 2.60. The van der Waals surface area contributed by atoms with E-state index in [0.29, 0.717) is 34.9 Å². The number of esters is 1. The average molecular weight is 332 g/mol. The minimum Gasteiger partial charge on any atom is -0.463 e. The molecule has 0 aromatic rings. The van der Waals surface area contributed by atoms with Gasteiger partial charge >= 0.3 is 5.97 Å². The maximum atomic E-state index is 13.1. The van der Waals surface area contributed by atoms with Gasteiger partial charge in [0.05, 0.1) is 0 Å². The van der Waals surface area contributed by atoms with Gasteiger partial charge in [-0.05, 0) is 73.5 Å². The van der Waals surface area contributed by atoms with Gasteiger partial charge in [0.15, 0.2) is 0 Å². The molecule has 0 aliphatic heterocycles. The molecule has 24 heavy (non-hydrogen) atoms. The Labute approximate surface area is 145 Å². The van der Waals surface area contributed by atoms with Gasteiger partial charge in [-0.25, -0.2) is 0 Å². The fraction of sp³-hybridized carbons (Fsp3) is 0.905. The van der Waals surface area contributed by atoms with E-state index in [1.165, 1.54) is 39.0 Å². The zero-order valence-electron chi connectivity index (χ0n) is 15.5. The molecule has 0 unspecified atom stereocenters. The van der Waals surface area contributed by atoms with Crippen LogP contribution in [0.15, 0.2) is 0 Å². The Balaban J connectivity index is 1.59. The van der Waals surface area contributed by atoms with E-state index in [4.69, 9.17) is 4.74 Å². The number of carbonyl (C=O) groups is 2. The van der Waals surface area contributed by atoms with Crippen LogP contribution in [0.5, 0.6) is 0 Å². The molecule has 4 aliphatic rings. The highest BCUT2D eigenvalue weighted by atomic mass is 16.5. The van der Waals surface area contributed by atoms with Crippen molar-refractivity contribution in [3.05, 3.63) is 0 Å². The molecule has 0 spiro atoms. The normalized spacial score (nSPS) is 50.6. The van der Waals surface area contributed by atoms with Crippen molar-refractivity contribution in [1.29, 1.82) is 0 Å². The lowest BCUT2D eigenvalue weighted by Crippen LogP contribution is -2.56. The Bertz CT molecular complexity index is 555. The third-order valence-corrected chi connectivity index (χ3v) is 8.54. The number of ether oxygens (including phenoxy) is 1. The van der Waals surface area contributed by atoms with E-state index in [1.807, 2.05) is 0 Å². The molecular weight excluding hydrogens is 300 g/mol. The molecule has 3 nitrogen and oxygen atoms in total. The van der Waals surface area contributed by atoms with Crippen LogP contribution in [0.4, 0.5) is 0 Å². The Morgan fingerprint density at radius 1 is 1.08 bits per heavy atom. The molecule has 4 fully saturated rings. The first-order chi connectivity index (χ1) is 11.3. The van der Waals surface area contributed by atoms with Gasteiger partial charge < -0.3 is 4.74 Å². The van der Waals surface area contributed by atoms with Gasteiger partial charge in [0.2, 0.25) is 0 Å². The zero-order chi connectivity index (χ0) is 17.1. The van der Waals surface area contributed by atoms with Crippen molar-refractivity contribution >= 4 is 11.8 Å². The van der Waals surface area contributed by atoms with Crippen molar-refractivity contribution < 1.29 is 14.3 Å². The van der Waals surface area contributed by atoms with Crippen LogP contribution >= 0.6 is 0 Å². The topological polar surface area (TPSA) is 43.4 Å². The summed E-state index contributed by atoms with van der Waals surface area (Å²) in [7, 11) is 0. The lowest BCUT2D eigenvalue weighted by atomic mass is 9.45. The summed E-state index contributed by atoms with van der Waals surface area (Å²) >= 11 is 0. The van der Waals surface area contributed by atoms with Gasteiger partial charge in [0.25, 0.3) is 0 Å². The molecular formula is C21H32O3. The molecule has 0 radical (unpaired) electrons. The SMILES string of the molecule is CC(=O)O[C@@H]1CC[C@@]2(C)[C@@H](CC(=O)[C@H]3[C@H]4CCC[C@@]4(C)CC[C@H]32)C1. The first-order valence-corrected chi connectivity index (χ1v) is 10.0. The van der Waals surface area contributed by atoms with Crippen molar-refractivity contribution in [3.8, 4) is 0 Å². The van der Waals surface area contributed by atoms with E-state index in [9.17, 15) is 9.59 Å². The van der Waals surface area contributed by atoms with Crippen molar-refractivity contribution in [2.45, 2.75) is 84.7 Å². The monoisotopic (exact) mass is 332 g/mol. The van der Waals surface area contributed by atoms with Gasteiger partial charge in [-0.2, -0.15) is 0 Å². The third-order valence-electron chi connectivity index (χ3n) is 8.54. The lowest BCUT2D eigenvalue weighted by Gasteiger charge is -2.59. The summed E-state index contributed by atoms with van der Waals surface area (Å²) < 4.78 is 5.49. The van der Waals surface area contributed by atoms with Crippen molar-refractivity contribution in [2.24, 2.45) is 34.5 Å². The van der Waals surface area contributed by atoms with E-state index in [0.717, 1.165) is 25.7 Å². The fourth-order valence-electron chi connectivity index (χ4n) is 7.22. The van der Waals surface area contributed by atoms with Crippen LogP contribution in [0.25, 0.3) is 0 Å². The molecule has 0 saturated heterocycles. The molecule has 4 saturated carbocycles. The van der Waals surface area contributed by atoms with Crippen molar-refractivity contribution in [1.82, 2.24) is 0 Å². The van der Waals surface area contributed by atoms with Crippen LogP contribution in [0.1, 0.15) is 78.6 Å². The molecule has 0 heterocycles. The molecule has 0 N–H and O–H groups in total. The van der Waals surface area contributed by atoms with Crippen molar-refractivity contribution in [2.75, 3.05) is 0 Å². The molecule has 4 rings (SSSR count). The summed E-state index contributed by atoms with van der Waals surface area (Å²) in [4.78, 5) is 24.4. The molecule has 0 aromatic carbocycles. The first kappa shape index (κ1) is 16.6. The van der Waals surface area contributed by atoms with E-state index < -0.39 is 0 Å². The van der Waals surface area contributed by atoms with Crippen LogP contribution in [-0.2, 0) is 14.3 Å². The van der Waals surface area contributed by atoms with Crippen LogP contribution in [0, 0.1) is 34.5 Å². The minimum atomic E-state index is -0.178. The second kappa shape index (κ2) is 5.57. The predicted octanol–water partition coefficient (Wildman–Crippen LogP) is 4.53. The summed E-state index contributed by atoms with van der Waals surface area (Å²) in [6.45, 7) is 6.39. The maximum absolute atomic E-state index is 13.1. The molecule has 7 atom stereocenters. The molecule has 0 aromatic heterocycles. The summed E-state index contributed by atoms with van der Waals surface area (Å²) in [5, 5.41) is 0. The second-order valence-corrected chi connectivity index (χ2v) is 9.70. The number of hydrogen-bond donors (Lipinski definition) is 0. The number of Topliss-reactive ketones (excluding diaryl/α,β-unsaturated/α-hetero) is 1. The summed E-state index contributed by atoms with van der Waals surface area (Å²) in [6, 6.07) is 0. The Morgan fingerprint density at radius 3 is 2.62 bits per heavy atom. The summed E-state index contributed by atoms with van der Waals surface area (Å²) in [5.41, 5.74) is 0.702. The van der Waals surface area contributed by atoms with Gasteiger partial charge in [-0.3, -0.25) is 9.59 Å². The smallest absolute Gasteiger partial charge is 0.302 e. The van der Waals surface area contributed by atoms with Crippen LogP contribution in [0.3, 0.4) is 0 Å². The maximum Gasteiger partial charge on any atom is 0.302 e. The van der Waals surface area contributed by atoms with Crippen LogP contribution in [-0.4, -0.2) is 17.9 Å². The van der Waals surface area contributed by atoms with Crippen LogP contribution < -0.4 is 0 Å². The van der Waals surface area contributed by atoms with Crippen molar-refractivity contribution in [3.63, 3.8) is 0 Å². The number of fused-ring (bicyclic) bond motifs is 5. The van der Waals surface area contributed by atoms with Crippen LogP contribution in [0.2, 0.25) is 0 Å². The molecule has 3 heteroatoms. The Hall–Kier alpha value is -0.860. The lowest BCUT2D eigenvalue weighted by molar-refractivity contribution is -0.166. The third kappa shape index (κ3) is 2.37. The highest BCUT2D eigenvalue weighted by molar-refractivity contribution is 5.83. The largest absolute Gasteiger partial charge is 0.463 e. The van der Waals surface area contributed by atoms with Gasteiger partial charge in [0, 0.05) is 19.3 Å². The standard InChI is InChI=1S/C21H32O3/c1-13(22)24-15-6-10-21(3)14(11-15)12-18(23)19-16-5-4-8-20(16,2)9-7-17(19)21/h14-17,19H,4-12H2,1-3H3/t14-,15-,16-,17-,19+,20+,21+/m1/s1. The predicted molar refractivity (Wildman–Crippen MR) is 92.3 cm³/mol. The number of rotatable bonds is 1.